The van der Waals surface area contributed by atoms with Crippen LogP contribution >= 0.6 is 11.6 Å². The third-order valence-corrected chi connectivity index (χ3v) is 2.20. The van der Waals surface area contributed by atoms with Crippen LogP contribution in [0.1, 0.15) is 20.8 Å². The van der Waals surface area contributed by atoms with Gasteiger partial charge in [0.1, 0.15) is 0 Å². The topological polar surface area (TPSA) is 63.5 Å². The molecule has 0 aromatic rings. The maximum atomic E-state index is 11.7. The number of amides is 1. The van der Waals surface area contributed by atoms with Crippen molar-refractivity contribution < 1.29 is 9.72 Å². The van der Waals surface area contributed by atoms with Gasteiger partial charge in [0.05, 0.1) is 0 Å². The second-order valence-electron chi connectivity index (χ2n) is 3.17. The molecule has 0 aromatic carbocycles. The molecule has 0 fully saturated rings. The number of carbonyl (C=O) groups is 1. The minimum Gasteiger partial charge on any atom is -0.342 e. The van der Waals surface area contributed by atoms with Crippen LogP contribution in [0.15, 0.2) is 0 Å². The minimum absolute atomic E-state index is 0.388. The van der Waals surface area contributed by atoms with E-state index < -0.39 is 16.3 Å². The van der Waals surface area contributed by atoms with Gasteiger partial charge in [0.15, 0.2) is 4.87 Å². The molecule has 0 saturated heterocycles. The molecule has 0 heterocycles. The van der Waals surface area contributed by atoms with Crippen LogP contribution in [0.4, 0.5) is 0 Å². The Hall–Kier alpha value is -0.840. The summed E-state index contributed by atoms with van der Waals surface area (Å²) in [7, 11) is 0. The van der Waals surface area contributed by atoms with Crippen molar-refractivity contribution in [2.75, 3.05) is 19.6 Å². The molecule has 0 rings (SSSR count). The Morgan fingerprint density at radius 2 is 1.93 bits per heavy atom. The van der Waals surface area contributed by atoms with Crippen LogP contribution < -0.4 is 0 Å². The van der Waals surface area contributed by atoms with Crippen molar-refractivity contribution in [1.29, 1.82) is 0 Å². The second-order valence-corrected chi connectivity index (χ2v) is 4.00. The van der Waals surface area contributed by atoms with Crippen molar-refractivity contribution in [2.24, 2.45) is 0 Å². The predicted octanol–water partition coefficient (Wildman–Crippen LogP) is 1.13. The molecule has 0 aliphatic heterocycles. The van der Waals surface area contributed by atoms with Crippen LogP contribution in [0.5, 0.6) is 0 Å². The van der Waals surface area contributed by atoms with E-state index in [0.29, 0.717) is 13.1 Å². The van der Waals surface area contributed by atoms with E-state index in [1.807, 2.05) is 0 Å². The van der Waals surface area contributed by atoms with E-state index in [1.165, 1.54) is 11.8 Å². The molecule has 0 bridgehead atoms. The summed E-state index contributed by atoms with van der Waals surface area (Å²) >= 11 is 5.80. The summed E-state index contributed by atoms with van der Waals surface area (Å²) < 4.78 is 0. The Morgan fingerprint density at radius 1 is 1.50 bits per heavy atom. The maximum absolute atomic E-state index is 11.7. The van der Waals surface area contributed by atoms with Gasteiger partial charge < -0.3 is 4.90 Å². The van der Waals surface area contributed by atoms with Gasteiger partial charge in [-0.1, -0.05) is 0 Å². The number of rotatable bonds is 5. The lowest BCUT2D eigenvalue weighted by atomic mass is 10.1. The normalized spacial score (nSPS) is 14.6. The molecule has 14 heavy (non-hydrogen) atoms. The lowest BCUT2D eigenvalue weighted by molar-refractivity contribution is -0.482. The third-order valence-electron chi connectivity index (χ3n) is 1.92. The molecule has 0 saturated carbocycles. The van der Waals surface area contributed by atoms with Crippen LogP contribution in [-0.2, 0) is 4.79 Å². The Kier molecular flexibility index (Phi) is 4.83. The van der Waals surface area contributed by atoms with E-state index in [1.54, 1.807) is 13.8 Å². The van der Waals surface area contributed by atoms with E-state index in [2.05, 4.69) is 0 Å². The van der Waals surface area contributed by atoms with Crippen LogP contribution in [0.25, 0.3) is 0 Å². The number of hydrogen-bond donors (Lipinski definition) is 0. The van der Waals surface area contributed by atoms with Crippen LogP contribution in [0.3, 0.4) is 0 Å². The van der Waals surface area contributed by atoms with Gasteiger partial charge in [-0.2, -0.15) is 0 Å². The molecule has 0 radical (unpaired) electrons. The van der Waals surface area contributed by atoms with Gasteiger partial charge in [-0.25, -0.2) is 0 Å². The van der Waals surface area contributed by atoms with Gasteiger partial charge in [0.2, 0.25) is 12.5 Å². The van der Waals surface area contributed by atoms with Crippen LogP contribution in [0.2, 0.25) is 0 Å². The molecular formula is C8H15ClN2O3. The summed E-state index contributed by atoms with van der Waals surface area (Å²) in [4.78, 5) is 21.4. The van der Waals surface area contributed by atoms with E-state index in [0.717, 1.165) is 0 Å². The summed E-state index contributed by atoms with van der Waals surface area (Å²) in [5.74, 6) is -0.388. The average Bonchev–Trinajstić information content (AvgIpc) is 2.04. The number of halogens is 1. The first-order valence-electron chi connectivity index (χ1n) is 4.45. The number of nitro groups is 1. The Labute approximate surface area is 88.2 Å². The van der Waals surface area contributed by atoms with Gasteiger partial charge in [0, 0.05) is 18.0 Å². The van der Waals surface area contributed by atoms with Crippen molar-refractivity contribution in [3.63, 3.8) is 0 Å². The molecule has 0 N–H and O–H groups in total. The molecule has 0 spiro atoms. The highest BCUT2D eigenvalue weighted by molar-refractivity contribution is 6.34. The molecular weight excluding hydrogens is 208 g/mol. The zero-order valence-electron chi connectivity index (χ0n) is 8.62. The van der Waals surface area contributed by atoms with Gasteiger partial charge in [-0.15, -0.1) is 11.6 Å². The standard InChI is InChI=1S/C8H15ClN2O3/c1-4-10(5-2)7(12)8(3,9)6-11(13)14/h4-6H2,1-3H3. The Morgan fingerprint density at radius 3 is 2.21 bits per heavy atom. The largest absolute Gasteiger partial charge is 0.342 e. The van der Waals surface area contributed by atoms with E-state index in [9.17, 15) is 14.9 Å². The Balaban J connectivity index is 4.55. The molecule has 1 atom stereocenters. The molecule has 0 aliphatic rings. The second kappa shape index (κ2) is 5.14. The summed E-state index contributed by atoms with van der Waals surface area (Å²) in [6, 6.07) is 0. The van der Waals surface area contributed by atoms with E-state index in [4.69, 9.17) is 11.6 Å². The molecule has 82 valence electrons. The van der Waals surface area contributed by atoms with E-state index in [-0.39, 0.29) is 5.91 Å². The fourth-order valence-corrected chi connectivity index (χ4v) is 1.37. The lowest BCUT2D eigenvalue weighted by Gasteiger charge is -2.25. The fourth-order valence-electron chi connectivity index (χ4n) is 1.15. The first kappa shape index (κ1) is 13.2. The van der Waals surface area contributed by atoms with Gasteiger partial charge >= 0.3 is 0 Å². The molecule has 1 unspecified atom stereocenters. The zero-order valence-corrected chi connectivity index (χ0v) is 9.37. The molecule has 0 aromatic heterocycles. The van der Waals surface area contributed by atoms with Crippen molar-refractivity contribution in [2.45, 2.75) is 25.6 Å². The quantitative estimate of drug-likeness (QED) is 0.398. The highest BCUT2D eigenvalue weighted by atomic mass is 35.5. The molecule has 0 aliphatic carbocycles. The fraction of sp³-hybridized carbons (Fsp3) is 0.875. The summed E-state index contributed by atoms with van der Waals surface area (Å²) in [5.41, 5.74) is 0. The van der Waals surface area contributed by atoms with Crippen molar-refractivity contribution in [1.82, 2.24) is 4.90 Å². The average molecular weight is 223 g/mol. The van der Waals surface area contributed by atoms with Gasteiger partial charge in [-0.05, 0) is 20.8 Å². The first-order chi connectivity index (χ1) is 6.35. The number of carbonyl (C=O) groups excluding carboxylic acids is 1. The minimum atomic E-state index is -1.43. The van der Waals surface area contributed by atoms with Crippen molar-refractivity contribution >= 4 is 17.5 Å². The highest BCUT2D eigenvalue weighted by Gasteiger charge is 2.38. The highest BCUT2D eigenvalue weighted by Crippen LogP contribution is 2.18. The third kappa shape index (κ3) is 3.49. The number of hydrogen-bond acceptors (Lipinski definition) is 3. The number of nitrogens with zero attached hydrogens (tertiary/aromatic N) is 2. The van der Waals surface area contributed by atoms with Crippen LogP contribution in [0, 0.1) is 10.1 Å². The summed E-state index contributed by atoms with van der Waals surface area (Å²) in [5, 5.41) is 10.3. The van der Waals surface area contributed by atoms with E-state index >= 15 is 0 Å². The number of alkyl halides is 1. The SMILES string of the molecule is CCN(CC)C(=O)C(C)(Cl)C[N+](=O)[O-]. The molecule has 1 amide bonds. The summed E-state index contributed by atoms with van der Waals surface area (Å²) in [6.07, 6.45) is 0. The zero-order chi connectivity index (χ0) is 11.4. The van der Waals surface area contributed by atoms with Crippen molar-refractivity contribution in [3.05, 3.63) is 10.1 Å². The monoisotopic (exact) mass is 222 g/mol. The molecule has 6 heteroatoms. The summed E-state index contributed by atoms with van der Waals surface area (Å²) in [6.45, 7) is 5.45. The molecule has 5 nitrogen and oxygen atoms in total. The van der Waals surface area contributed by atoms with Gasteiger partial charge in [0.25, 0.3) is 0 Å². The van der Waals surface area contributed by atoms with Crippen molar-refractivity contribution in [3.8, 4) is 0 Å². The lowest BCUT2D eigenvalue weighted by Crippen LogP contribution is -2.47. The van der Waals surface area contributed by atoms with Crippen LogP contribution in [-0.4, -0.2) is 40.2 Å². The first-order valence-corrected chi connectivity index (χ1v) is 4.83. The maximum Gasteiger partial charge on any atom is 0.250 e. The predicted molar refractivity (Wildman–Crippen MR) is 54.0 cm³/mol. The Bertz CT molecular complexity index is 227. The van der Waals surface area contributed by atoms with Gasteiger partial charge in [-0.3, -0.25) is 14.9 Å². The smallest absolute Gasteiger partial charge is 0.250 e.